The molecular weight excluding hydrogens is 346 g/mol. The zero-order valence-electron chi connectivity index (χ0n) is 15.7. The number of amides is 1. The zero-order chi connectivity index (χ0) is 19.6. The smallest absolute Gasteiger partial charge is 0.264 e. The highest BCUT2D eigenvalue weighted by Crippen LogP contribution is 2.44. The van der Waals surface area contributed by atoms with E-state index in [1.54, 1.807) is 31.4 Å². The molecule has 27 heavy (non-hydrogen) atoms. The molecule has 1 aliphatic rings. The summed E-state index contributed by atoms with van der Waals surface area (Å²) in [6.45, 7) is 3.71. The number of carbonyl (C=O) groups is 2. The number of benzene rings is 2. The number of anilines is 1. The van der Waals surface area contributed by atoms with Crippen LogP contribution in [0.1, 0.15) is 24.5 Å². The Labute approximate surface area is 158 Å². The molecule has 0 radical (unpaired) electrons. The van der Waals surface area contributed by atoms with Gasteiger partial charge in [0.2, 0.25) is 0 Å². The third kappa shape index (κ3) is 3.40. The van der Waals surface area contributed by atoms with Crippen molar-refractivity contribution in [1.82, 2.24) is 0 Å². The van der Waals surface area contributed by atoms with Crippen molar-refractivity contribution in [3.05, 3.63) is 53.6 Å². The van der Waals surface area contributed by atoms with Crippen molar-refractivity contribution in [3.8, 4) is 11.5 Å². The summed E-state index contributed by atoms with van der Waals surface area (Å²) in [7, 11) is 1.56. The van der Waals surface area contributed by atoms with E-state index in [0.29, 0.717) is 22.7 Å². The fourth-order valence-electron chi connectivity index (χ4n) is 3.52. The number of fused-ring (bicyclic) bond motifs is 1. The van der Waals surface area contributed by atoms with Crippen LogP contribution in [0.3, 0.4) is 0 Å². The first-order chi connectivity index (χ1) is 12.9. The first-order valence-electron chi connectivity index (χ1n) is 8.78. The van der Waals surface area contributed by atoms with Crippen LogP contribution in [-0.2, 0) is 15.2 Å². The maximum Gasteiger partial charge on any atom is 0.264 e. The topological polar surface area (TPSA) is 76.1 Å². The highest BCUT2D eigenvalue weighted by atomic mass is 16.5. The van der Waals surface area contributed by atoms with Gasteiger partial charge in [-0.1, -0.05) is 30.3 Å². The predicted molar refractivity (Wildman–Crippen MR) is 101 cm³/mol. The standard InChI is InChI=1S/C21H23NO5/c1-14-7-6-8-16-19(14)22(20(24)21(16,25)13-15(2)23)11-12-27-18-10-5-4-9-17(18)26-3/h4-10,25H,11-13H2,1-3H3/t21-/m1/s1. The van der Waals surface area contributed by atoms with E-state index in [2.05, 4.69) is 0 Å². The van der Waals surface area contributed by atoms with Gasteiger partial charge in [0.1, 0.15) is 12.4 Å². The van der Waals surface area contributed by atoms with E-state index in [-0.39, 0.29) is 25.4 Å². The lowest BCUT2D eigenvalue weighted by Gasteiger charge is -2.22. The van der Waals surface area contributed by atoms with Gasteiger partial charge in [-0.05, 0) is 31.5 Å². The number of para-hydroxylation sites is 3. The molecule has 0 aromatic heterocycles. The molecule has 0 unspecified atom stereocenters. The average molecular weight is 369 g/mol. The van der Waals surface area contributed by atoms with Gasteiger partial charge in [-0.2, -0.15) is 0 Å². The molecule has 3 rings (SSSR count). The van der Waals surface area contributed by atoms with Crippen LogP contribution >= 0.6 is 0 Å². The lowest BCUT2D eigenvalue weighted by atomic mass is 9.89. The van der Waals surface area contributed by atoms with Crippen molar-refractivity contribution in [1.29, 1.82) is 0 Å². The summed E-state index contributed by atoms with van der Waals surface area (Å²) in [4.78, 5) is 26.1. The van der Waals surface area contributed by atoms with E-state index in [1.807, 2.05) is 25.1 Å². The predicted octanol–water partition coefficient (Wildman–Crippen LogP) is 2.60. The van der Waals surface area contributed by atoms with Gasteiger partial charge >= 0.3 is 0 Å². The van der Waals surface area contributed by atoms with Crippen molar-refractivity contribution < 1.29 is 24.2 Å². The fourth-order valence-corrected chi connectivity index (χ4v) is 3.52. The Hall–Kier alpha value is -2.86. The Morgan fingerprint density at radius 3 is 2.52 bits per heavy atom. The van der Waals surface area contributed by atoms with E-state index >= 15 is 0 Å². The number of rotatable bonds is 7. The van der Waals surface area contributed by atoms with Crippen molar-refractivity contribution in [2.45, 2.75) is 25.9 Å². The second-order valence-electron chi connectivity index (χ2n) is 6.67. The molecule has 0 aliphatic carbocycles. The summed E-state index contributed by atoms with van der Waals surface area (Å²) < 4.78 is 11.0. The van der Waals surface area contributed by atoms with E-state index in [1.165, 1.54) is 11.8 Å². The molecule has 1 heterocycles. The van der Waals surface area contributed by atoms with Gasteiger partial charge in [0, 0.05) is 12.0 Å². The Bertz CT molecular complexity index is 879. The zero-order valence-corrected chi connectivity index (χ0v) is 15.7. The molecule has 142 valence electrons. The highest BCUT2D eigenvalue weighted by molar-refractivity contribution is 6.09. The number of ketones is 1. The van der Waals surface area contributed by atoms with Gasteiger partial charge < -0.3 is 19.5 Å². The lowest BCUT2D eigenvalue weighted by Crippen LogP contribution is -2.43. The minimum Gasteiger partial charge on any atom is -0.493 e. The number of hydrogen-bond donors (Lipinski definition) is 1. The Kier molecular flexibility index (Phi) is 5.19. The molecule has 1 aliphatic heterocycles. The van der Waals surface area contributed by atoms with Crippen molar-refractivity contribution >= 4 is 17.4 Å². The molecule has 0 saturated heterocycles. The van der Waals surface area contributed by atoms with E-state index in [0.717, 1.165) is 5.56 Å². The molecular formula is C21H23NO5. The minimum absolute atomic E-state index is 0.218. The quantitative estimate of drug-likeness (QED) is 0.812. The fraction of sp³-hybridized carbons (Fsp3) is 0.333. The molecule has 0 saturated carbocycles. The largest absolute Gasteiger partial charge is 0.493 e. The van der Waals surface area contributed by atoms with Gasteiger partial charge in [0.15, 0.2) is 17.1 Å². The third-order valence-electron chi connectivity index (χ3n) is 4.70. The summed E-state index contributed by atoms with van der Waals surface area (Å²) in [5.74, 6) is 0.446. The minimum atomic E-state index is -1.82. The second kappa shape index (κ2) is 7.40. The van der Waals surface area contributed by atoms with Crippen LogP contribution in [0.2, 0.25) is 0 Å². The third-order valence-corrected chi connectivity index (χ3v) is 4.70. The van der Waals surface area contributed by atoms with Crippen molar-refractivity contribution in [2.75, 3.05) is 25.2 Å². The molecule has 0 spiro atoms. The van der Waals surface area contributed by atoms with Gasteiger partial charge in [-0.15, -0.1) is 0 Å². The number of hydrogen-bond acceptors (Lipinski definition) is 5. The molecule has 1 amide bonds. The first-order valence-corrected chi connectivity index (χ1v) is 8.78. The second-order valence-corrected chi connectivity index (χ2v) is 6.67. The summed E-state index contributed by atoms with van der Waals surface area (Å²) in [6.07, 6.45) is -0.244. The maximum atomic E-state index is 13.0. The number of Topliss-reactive ketones (excluding diaryl/α,β-unsaturated/α-hetero) is 1. The summed E-state index contributed by atoms with van der Waals surface area (Å²) in [6, 6.07) is 12.6. The number of aryl methyl sites for hydroxylation is 1. The van der Waals surface area contributed by atoms with Crippen LogP contribution in [0.15, 0.2) is 42.5 Å². The lowest BCUT2D eigenvalue weighted by molar-refractivity contribution is -0.141. The molecule has 0 fully saturated rings. The van der Waals surface area contributed by atoms with Crippen molar-refractivity contribution in [3.63, 3.8) is 0 Å². The molecule has 6 heteroatoms. The summed E-state index contributed by atoms with van der Waals surface area (Å²) in [5, 5.41) is 11.0. The Morgan fingerprint density at radius 1 is 1.15 bits per heavy atom. The molecule has 2 aromatic rings. The number of ether oxygens (including phenoxy) is 2. The molecule has 2 aromatic carbocycles. The van der Waals surface area contributed by atoms with Crippen LogP contribution in [-0.4, -0.2) is 37.1 Å². The van der Waals surface area contributed by atoms with Gasteiger partial charge in [-0.25, -0.2) is 0 Å². The number of carbonyl (C=O) groups excluding carboxylic acids is 2. The van der Waals surface area contributed by atoms with Gasteiger partial charge in [0.25, 0.3) is 5.91 Å². The molecule has 6 nitrogen and oxygen atoms in total. The average Bonchev–Trinajstić information content (AvgIpc) is 2.84. The first kappa shape index (κ1) is 18.9. The van der Waals surface area contributed by atoms with E-state index in [9.17, 15) is 14.7 Å². The SMILES string of the molecule is COc1ccccc1OCCN1C(=O)[C@@](O)(CC(C)=O)c2cccc(C)c21. The van der Waals surface area contributed by atoms with E-state index < -0.39 is 11.5 Å². The van der Waals surface area contributed by atoms with E-state index in [4.69, 9.17) is 9.47 Å². The van der Waals surface area contributed by atoms with Gasteiger partial charge in [0.05, 0.1) is 19.3 Å². The summed E-state index contributed by atoms with van der Waals surface area (Å²) >= 11 is 0. The van der Waals surface area contributed by atoms with Gasteiger partial charge in [-0.3, -0.25) is 9.59 Å². The highest BCUT2D eigenvalue weighted by Gasteiger charge is 2.50. The normalized spacial score (nSPS) is 18.4. The van der Waals surface area contributed by atoms with Crippen LogP contribution in [0.5, 0.6) is 11.5 Å². The molecule has 1 N–H and O–H groups in total. The maximum absolute atomic E-state index is 13.0. The Morgan fingerprint density at radius 2 is 1.85 bits per heavy atom. The van der Waals surface area contributed by atoms with Crippen LogP contribution in [0, 0.1) is 6.92 Å². The number of aliphatic hydroxyl groups is 1. The molecule has 0 bridgehead atoms. The van der Waals surface area contributed by atoms with Crippen LogP contribution < -0.4 is 14.4 Å². The van der Waals surface area contributed by atoms with Crippen molar-refractivity contribution in [2.24, 2.45) is 0 Å². The summed E-state index contributed by atoms with van der Waals surface area (Å²) in [5.41, 5.74) is 0.157. The van der Waals surface area contributed by atoms with Crippen LogP contribution in [0.25, 0.3) is 0 Å². The number of methoxy groups -OCH3 is 1. The molecule has 1 atom stereocenters. The number of nitrogens with zero attached hydrogens (tertiary/aromatic N) is 1. The Balaban J connectivity index is 1.84. The van der Waals surface area contributed by atoms with Crippen LogP contribution in [0.4, 0.5) is 5.69 Å². The monoisotopic (exact) mass is 369 g/mol.